The first-order valence-corrected chi connectivity index (χ1v) is 6.57. The molecule has 0 aliphatic heterocycles. The number of amides is 1. The van der Waals surface area contributed by atoms with Crippen molar-refractivity contribution in [2.45, 2.75) is 52.1 Å². The molecule has 0 spiro atoms. The average Bonchev–Trinajstić information content (AvgIpc) is 2.74. The van der Waals surface area contributed by atoms with Crippen LogP contribution >= 0.6 is 0 Å². The maximum Gasteiger partial charge on any atom is 0.226 e. The minimum atomic E-state index is -0.851. The molecule has 0 aromatic rings. The molecule has 1 atom stereocenters. The monoisotopic (exact) mass is 243 g/mol. The van der Waals surface area contributed by atoms with Crippen LogP contribution in [0.25, 0.3) is 0 Å². The van der Waals surface area contributed by atoms with Crippen LogP contribution in [0.1, 0.15) is 46.0 Å². The van der Waals surface area contributed by atoms with E-state index in [0.717, 1.165) is 32.1 Å². The number of hydrogen-bond donors (Lipinski definition) is 3. The van der Waals surface area contributed by atoms with Crippen LogP contribution in [0.4, 0.5) is 0 Å². The van der Waals surface area contributed by atoms with Crippen molar-refractivity contribution in [3.05, 3.63) is 0 Å². The van der Waals surface area contributed by atoms with Gasteiger partial charge in [0.1, 0.15) is 0 Å². The van der Waals surface area contributed by atoms with Gasteiger partial charge >= 0.3 is 0 Å². The van der Waals surface area contributed by atoms with E-state index in [9.17, 15) is 9.90 Å². The second-order valence-electron chi connectivity index (χ2n) is 5.63. The van der Waals surface area contributed by atoms with Gasteiger partial charge in [0, 0.05) is 12.0 Å². The maximum atomic E-state index is 12.2. The Morgan fingerprint density at radius 3 is 2.41 bits per heavy atom. The lowest BCUT2D eigenvalue weighted by molar-refractivity contribution is -0.132. The Balaban J connectivity index is 2.55. The van der Waals surface area contributed by atoms with E-state index in [0.29, 0.717) is 5.92 Å². The first-order chi connectivity index (χ1) is 8.00. The fraction of sp³-hybridized carbons (Fsp3) is 0.923. The highest BCUT2D eigenvalue weighted by molar-refractivity contribution is 5.82. The highest BCUT2D eigenvalue weighted by Gasteiger charge is 2.41. The largest absolute Gasteiger partial charge is 0.394 e. The summed E-state index contributed by atoms with van der Waals surface area (Å²) in [4.78, 5) is 12.2. The van der Waals surface area contributed by atoms with E-state index in [1.807, 2.05) is 0 Å². The quantitative estimate of drug-likeness (QED) is 0.653. The minimum Gasteiger partial charge on any atom is -0.394 e. The van der Waals surface area contributed by atoms with Crippen LogP contribution in [0.5, 0.6) is 0 Å². The molecule has 17 heavy (non-hydrogen) atoms. The molecule has 3 N–H and O–H groups in total. The topological polar surface area (TPSA) is 69.6 Å². The van der Waals surface area contributed by atoms with Gasteiger partial charge in [-0.05, 0) is 25.2 Å². The van der Waals surface area contributed by atoms with Crippen molar-refractivity contribution in [1.29, 1.82) is 0 Å². The van der Waals surface area contributed by atoms with Gasteiger partial charge in [-0.25, -0.2) is 0 Å². The van der Waals surface area contributed by atoms with Gasteiger partial charge in [-0.15, -0.1) is 0 Å². The molecular formula is C13H25NO3. The number of aliphatic hydroxyl groups is 2. The minimum absolute atomic E-state index is 0.0520. The lowest BCUT2D eigenvalue weighted by atomic mass is 9.77. The highest BCUT2D eigenvalue weighted by atomic mass is 16.3. The molecule has 0 saturated heterocycles. The van der Waals surface area contributed by atoms with Gasteiger partial charge in [0.25, 0.3) is 0 Å². The van der Waals surface area contributed by atoms with E-state index in [-0.39, 0.29) is 24.5 Å². The van der Waals surface area contributed by atoms with Crippen LogP contribution < -0.4 is 5.32 Å². The van der Waals surface area contributed by atoms with E-state index >= 15 is 0 Å². The fourth-order valence-electron chi connectivity index (χ4n) is 2.82. The Kier molecular flexibility index (Phi) is 5.40. The first-order valence-electron chi connectivity index (χ1n) is 6.57. The summed E-state index contributed by atoms with van der Waals surface area (Å²) in [5, 5.41) is 20.7. The molecule has 0 aromatic carbocycles. The molecule has 100 valence electrons. The van der Waals surface area contributed by atoms with E-state index in [1.165, 1.54) is 0 Å². The Bertz CT molecular complexity index is 247. The summed E-state index contributed by atoms with van der Waals surface area (Å²) in [6, 6.07) is 0. The van der Waals surface area contributed by atoms with Crippen molar-refractivity contribution in [1.82, 2.24) is 5.32 Å². The van der Waals surface area contributed by atoms with Crippen LogP contribution in [-0.4, -0.2) is 35.4 Å². The molecule has 1 saturated carbocycles. The molecule has 0 heterocycles. The molecule has 1 unspecified atom stereocenters. The lowest BCUT2D eigenvalue weighted by Crippen LogP contribution is -2.43. The van der Waals surface area contributed by atoms with Crippen molar-refractivity contribution >= 4 is 5.91 Å². The lowest BCUT2D eigenvalue weighted by Gasteiger charge is -2.29. The molecule has 0 aromatic heterocycles. The normalized spacial score (nSPS) is 20.5. The predicted octanol–water partition coefficient (Wildman–Crippen LogP) is 1.06. The van der Waals surface area contributed by atoms with Crippen molar-refractivity contribution in [2.75, 3.05) is 13.2 Å². The third-order valence-electron chi connectivity index (χ3n) is 3.55. The van der Waals surface area contributed by atoms with Crippen molar-refractivity contribution in [3.8, 4) is 0 Å². The smallest absolute Gasteiger partial charge is 0.226 e. The van der Waals surface area contributed by atoms with Gasteiger partial charge < -0.3 is 15.5 Å². The fourth-order valence-corrected chi connectivity index (χ4v) is 2.82. The van der Waals surface area contributed by atoms with Crippen molar-refractivity contribution in [2.24, 2.45) is 11.3 Å². The van der Waals surface area contributed by atoms with Gasteiger partial charge in [0.05, 0.1) is 12.7 Å². The van der Waals surface area contributed by atoms with Gasteiger partial charge in [-0.3, -0.25) is 4.79 Å². The van der Waals surface area contributed by atoms with Crippen LogP contribution in [0.3, 0.4) is 0 Å². The van der Waals surface area contributed by atoms with Crippen molar-refractivity contribution in [3.63, 3.8) is 0 Å². The Hall–Kier alpha value is -0.610. The predicted molar refractivity (Wildman–Crippen MR) is 66.5 cm³/mol. The molecule has 1 rings (SSSR count). The number of nitrogens with one attached hydrogen (secondary N) is 1. The van der Waals surface area contributed by atoms with E-state index in [4.69, 9.17) is 5.11 Å². The zero-order valence-corrected chi connectivity index (χ0v) is 10.9. The summed E-state index contributed by atoms with van der Waals surface area (Å²) in [6.07, 6.45) is 4.19. The van der Waals surface area contributed by atoms with Gasteiger partial charge in [-0.2, -0.15) is 0 Å². The summed E-state index contributed by atoms with van der Waals surface area (Å²) >= 11 is 0. The van der Waals surface area contributed by atoms with Gasteiger partial charge in [-0.1, -0.05) is 26.7 Å². The van der Waals surface area contributed by atoms with E-state index in [2.05, 4.69) is 19.2 Å². The molecule has 1 fully saturated rings. The summed E-state index contributed by atoms with van der Waals surface area (Å²) in [5.74, 6) is 0.554. The first kappa shape index (κ1) is 14.5. The molecule has 0 bridgehead atoms. The number of carbonyl (C=O) groups is 1. The highest BCUT2D eigenvalue weighted by Crippen LogP contribution is 2.43. The van der Waals surface area contributed by atoms with E-state index in [1.54, 1.807) is 0 Å². The number of rotatable bonds is 6. The second kappa shape index (κ2) is 6.36. The van der Waals surface area contributed by atoms with Crippen molar-refractivity contribution < 1.29 is 15.0 Å². The zero-order chi connectivity index (χ0) is 12.9. The van der Waals surface area contributed by atoms with Crippen LogP contribution in [-0.2, 0) is 4.79 Å². The number of aliphatic hydroxyl groups excluding tert-OH is 2. The molecule has 1 amide bonds. The zero-order valence-electron chi connectivity index (χ0n) is 10.9. The molecule has 1 aliphatic rings. The van der Waals surface area contributed by atoms with Crippen LogP contribution in [0.2, 0.25) is 0 Å². The number of hydrogen-bond acceptors (Lipinski definition) is 3. The molecule has 0 radical (unpaired) electrons. The average molecular weight is 243 g/mol. The Labute approximate surface area is 103 Å². The SMILES string of the molecule is CC(C)CC1(C(=O)NCC(O)CO)CCCC1. The summed E-state index contributed by atoms with van der Waals surface area (Å²) in [5.41, 5.74) is -0.233. The summed E-state index contributed by atoms with van der Waals surface area (Å²) < 4.78 is 0. The molecule has 4 nitrogen and oxygen atoms in total. The van der Waals surface area contributed by atoms with E-state index < -0.39 is 6.10 Å². The van der Waals surface area contributed by atoms with Crippen LogP contribution in [0, 0.1) is 11.3 Å². The molecule has 1 aliphatic carbocycles. The van der Waals surface area contributed by atoms with Crippen LogP contribution in [0.15, 0.2) is 0 Å². The Morgan fingerprint density at radius 1 is 1.35 bits per heavy atom. The number of carbonyl (C=O) groups excluding carboxylic acids is 1. The second-order valence-corrected chi connectivity index (χ2v) is 5.63. The van der Waals surface area contributed by atoms with Gasteiger partial charge in [0.15, 0.2) is 0 Å². The standard InChI is InChI=1S/C13H25NO3/c1-10(2)7-13(5-3-4-6-13)12(17)14-8-11(16)9-15/h10-11,15-16H,3-9H2,1-2H3,(H,14,17). The third-order valence-corrected chi connectivity index (χ3v) is 3.55. The molecular weight excluding hydrogens is 218 g/mol. The maximum absolute atomic E-state index is 12.2. The third kappa shape index (κ3) is 3.96. The Morgan fingerprint density at radius 2 is 1.94 bits per heavy atom. The molecule has 4 heteroatoms. The summed E-state index contributed by atoms with van der Waals surface area (Å²) in [6.45, 7) is 4.11. The summed E-state index contributed by atoms with van der Waals surface area (Å²) in [7, 11) is 0. The van der Waals surface area contributed by atoms with Gasteiger partial charge in [0.2, 0.25) is 5.91 Å².